The smallest absolute Gasteiger partial charge is 0.323 e. The Morgan fingerprint density at radius 2 is 1.80 bits per heavy atom. The maximum absolute atomic E-state index is 13.1. The van der Waals surface area contributed by atoms with Crippen LogP contribution in [0.4, 0.5) is 11.4 Å². The van der Waals surface area contributed by atoms with E-state index in [1.807, 2.05) is 18.2 Å². The number of anilines is 2. The van der Waals surface area contributed by atoms with E-state index in [1.54, 1.807) is 36.4 Å². The molecule has 1 aromatic heterocycles. The first kappa shape index (κ1) is 20.1. The second-order valence-corrected chi connectivity index (χ2v) is 7.44. The van der Waals surface area contributed by atoms with E-state index in [0.29, 0.717) is 38.2 Å². The number of halogens is 2. The number of fused-ring (bicyclic) bond motifs is 2. The molecule has 0 saturated carbocycles. The summed E-state index contributed by atoms with van der Waals surface area (Å²) in [4.78, 5) is 24.8. The Hall–Kier alpha value is -3.22. The molecule has 0 aliphatic rings. The van der Waals surface area contributed by atoms with Gasteiger partial charge in [-0.25, -0.2) is 0 Å². The monoisotopic (exact) mass is 442 g/mol. The van der Waals surface area contributed by atoms with Crippen molar-refractivity contribution in [3.63, 3.8) is 0 Å². The largest absolute Gasteiger partial charge is 0.493 e. The van der Waals surface area contributed by atoms with Gasteiger partial charge in [-0.2, -0.15) is 0 Å². The zero-order valence-corrected chi connectivity index (χ0v) is 17.3. The van der Waals surface area contributed by atoms with E-state index in [2.05, 4.69) is 5.32 Å². The number of hydrogen-bond donors (Lipinski definition) is 2. The van der Waals surface area contributed by atoms with Gasteiger partial charge in [-0.1, -0.05) is 35.3 Å². The van der Waals surface area contributed by atoms with Crippen LogP contribution in [0.5, 0.6) is 5.75 Å². The predicted octanol–water partition coefficient (Wildman–Crippen LogP) is 5.30. The summed E-state index contributed by atoms with van der Waals surface area (Å²) in [6.07, 6.45) is 0. The van der Waals surface area contributed by atoms with Gasteiger partial charge in [0.1, 0.15) is 6.54 Å². The number of nitrogens with zero attached hydrogens (tertiary/aromatic N) is 1. The summed E-state index contributed by atoms with van der Waals surface area (Å²) < 4.78 is 6.93. The summed E-state index contributed by atoms with van der Waals surface area (Å²) in [6, 6.07) is 15.5. The third-order valence-electron chi connectivity index (χ3n) is 4.78. The first-order chi connectivity index (χ1) is 14.4. The standard InChI is InChI=1S/C22H16Cl2N2O4/c1-30-22-16(24)9-8-14-20(22)26(11-19(27)28)18-10-12(6-7-13(18)21(14)29)25-17-5-3-2-4-15(17)23/h2-10,25H,11H2,1H3,(H,27,28). The molecule has 0 spiro atoms. The number of nitrogens with one attached hydrogen (secondary N) is 1. The summed E-state index contributed by atoms with van der Waals surface area (Å²) >= 11 is 12.5. The van der Waals surface area contributed by atoms with Crippen molar-refractivity contribution in [3.05, 3.63) is 74.9 Å². The predicted molar refractivity (Wildman–Crippen MR) is 120 cm³/mol. The van der Waals surface area contributed by atoms with Gasteiger partial charge in [0, 0.05) is 11.1 Å². The highest BCUT2D eigenvalue weighted by Crippen LogP contribution is 2.35. The first-order valence-electron chi connectivity index (χ1n) is 8.97. The van der Waals surface area contributed by atoms with Gasteiger partial charge in [0.25, 0.3) is 0 Å². The number of para-hydroxylation sites is 1. The van der Waals surface area contributed by atoms with Crippen LogP contribution in [0.1, 0.15) is 0 Å². The minimum absolute atomic E-state index is 0.235. The summed E-state index contributed by atoms with van der Waals surface area (Å²) in [5.74, 6) is -0.813. The van der Waals surface area contributed by atoms with Gasteiger partial charge in [0.2, 0.25) is 0 Å². The third-order valence-corrected chi connectivity index (χ3v) is 5.41. The second kappa shape index (κ2) is 7.89. The van der Waals surface area contributed by atoms with Crippen molar-refractivity contribution in [2.45, 2.75) is 6.54 Å². The van der Waals surface area contributed by atoms with Crippen molar-refractivity contribution >= 4 is 62.4 Å². The number of benzene rings is 3. The molecule has 3 aromatic carbocycles. The number of aromatic nitrogens is 1. The number of pyridine rings is 1. The normalized spacial score (nSPS) is 11.0. The molecule has 0 aliphatic heterocycles. The van der Waals surface area contributed by atoms with Crippen LogP contribution in [0, 0.1) is 0 Å². The Morgan fingerprint density at radius 1 is 1.07 bits per heavy atom. The topological polar surface area (TPSA) is 80.6 Å². The molecule has 0 radical (unpaired) electrons. The van der Waals surface area contributed by atoms with Gasteiger partial charge < -0.3 is 19.7 Å². The highest BCUT2D eigenvalue weighted by molar-refractivity contribution is 6.33. The maximum atomic E-state index is 13.1. The Balaban J connectivity index is 2.04. The molecule has 30 heavy (non-hydrogen) atoms. The van der Waals surface area contributed by atoms with E-state index in [-0.39, 0.29) is 22.7 Å². The zero-order valence-electron chi connectivity index (χ0n) is 15.8. The molecule has 0 aliphatic carbocycles. The van der Waals surface area contributed by atoms with Crippen molar-refractivity contribution in [1.29, 1.82) is 0 Å². The number of carbonyl (C=O) groups is 1. The van der Waals surface area contributed by atoms with Crippen LogP contribution >= 0.6 is 23.2 Å². The number of carboxylic acid groups (broad SMARTS) is 1. The fourth-order valence-electron chi connectivity index (χ4n) is 3.50. The van der Waals surface area contributed by atoms with E-state index < -0.39 is 5.97 Å². The quantitative estimate of drug-likeness (QED) is 0.410. The highest BCUT2D eigenvalue weighted by atomic mass is 35.5. The van der Waals surface area contributed by atoms with Gasteiger partial charge >= 0.3 is 5.97 Å². The van der Waals surface area contributed by atoms with Crippen molar-refractivity contribution in [1.82, 2.24) is 4.57 Å². The molecule has 1 heterocycles. The number of rotatable bonds is 5. The lowest BCUT2D eigenvalue weighted by atomic mass is 10.1. The number of aliphatic carboxylic acids is 1. The Bertz CT molecular complexity index is 1370. The number of hydrogen-bond acceptors (Lipinski definition) is 4. The Kier molecular flexibility index (Phi) is 5.28. The fourth-order valence-corrected chi connectivity index (χ4v) is 3.91. The van der Waals surface area contributed by atoms with Crippen LogP contribution < -0.4 is 15.5 Å². The molecule has 0 atom stereocenters. The number of carboxylic acids is 1. The lowest BCUT2D eigenvalue weighted by Gasteiger charge is -2.18. The number of ether oxygens (including phenoxy) is 1. The molecule has 0 unspecified atom stereocenters. The average Bonchev–Trinajstić information content (AvgIpc) is 2.72. The van der Waals surface area contributed by atoms with Crippen LogP contribution in [0.3, 0.4) is 0 Å². The first-order valence-corrected chi connectivity index (χ1v) is 9.72. The molecule has 4 aromatic rings. The van der Waals surface area contributed by atoms with E-state index in [4.69, 9.17) is 27.9 Å². The van der Waals surface area contributed by atoms with Crippen molar-refractivity contribution in [2.75, 3.05) is 12.4 Å². The fraction of sp³-hybridized carbons (Fsp3) is 0.0909. The molecule has 0 fully saturated rings. The molecule has 152 valence electrons. The number of methoxy groups -OCH3 is 1. The lowest BCUT2D eigenvalue weighted by Crippen LogP contribution is -2.17. The van der Waals surface area contributed by atoms with E-state index in [1.165, 1.54) is 11.7 Å². The lowest BCUT2D eigenvalue weighted by molar-refractivity contribution is -0.137. The van der Waals surface area contributed by atoms with Crippen LogP contribution in [0.15, 0.2) is 59.4 Å². The van der Waals surface area contributed by atoms with Crippen LogP contribution in [-0.2, 0) is 11.3 Å². The molecular weight excluding hydrogens is 427 g/mol. The summed E-state index contributed by atoms with van der Waals surface area (Å²) in [6.45, 7) is -0.375. The molecule has 6 nitrogen and oxygen atoms in total. The van der Waals surface area contributed by atoms with Gasteiger partial charge in [0.05, 0.1) is 39.3 Å². The van der Waals surface area contributed by atoms with Gasteiger partial charge in [-0.3, -0.25) is 9.59 Å². The Morgan fingerprint density at radius 3 is 2.50 bits per heavy atom. The minimum Gasteiger partial charge on any atom is -0.493 e. The van der Waals surface area contributed by atoms with Gasteiger partial charge in [-0.15, -0.1) is 0 Å². The SMILES string of the molecule is COc1c(Cl)ccc2c(=O)c3ccc(Nc4ccccc4Cl)cc3n(CC(=O)O)c12. The molecular formula is C22H16Cl2N2O4. The zero-order chi connectivity index (χ0) is 21.4. The van der Waals surface area contributed by atoms with Crippen molar-refractivity contribution in [2.24, 2.45) is 0 Å². The van der Waals surface area contributed by atoms with Crippen LogP contribution in [0.25, 0.3) is 21.8 Å². The molecule has 0 bridgehead atoms. The van der Waals surface area contributed by atoms with Crippen molar-refractivity contribution in [3.8, 4) is 5.75 Å². The summed E-state index contributed by atoms with van der Waals surface area (Å²) in [7, 11) is 1.43. The molecule has 0 saturated heterocycles. The second-order valence-electron chi connectivity index (χ2n) is 6.62. The highest BCUT2D eigenvalue weighted by Gasteiger charge is 2.19. The molecule has 8 heteroatoms. The van der Waals surface area contributed by atoms with Crippen LogP contribution in [-0.4, -0.2) is 22.8 Å². The average molecular weight is 443 g/mol. The van der Waals surface area contributed by atoms with Gasteiger partial charge in [0.15, 0.2) is 11.2 Å². The molecule has 2 N–H and O–H groups in total. The van der Waals surface area contributed by atoms with Crippen molar-refractivity contribution < 1.29 is 14.6 Å². The summed E-state index contributed by atoms with van der Waals surface area (Å²) in [5.41, 5.74) is 1.87. The summed E-state index contributed by atoms with van der Waals surface area (Å²) in [5, 5.41) is 14.3. The van der Waals surface area contributed by atoms with Gasteiger partial charge in [-0.05, 0) is 42.5 Å². The van der Waals surface area contributed by atoms with Crippen LogP contribution in [0.2, 0.25) is 10.0 Å². The molecule has 0 amide bonds. The third kappa shape index (κ3) is 3.44. The minimum atomic E-state index is -1.06. The Labute approximate surface area is 181 Å². The maximum Gasteiger partial charge on any atom is 0.323 e. The van der Waals surface area contributed by atoms with E-state index in [9.17, 15) is 14.7 Å². The van der Waals surface area contributed by atoms with E-state index in [0.717, 1.165) is 0 Å². The van der Waals surface area contributed by atoms with E-state index >= 15 is 0 Å². The molecule has 4 rings (SSSR count).